The number of rotatable bonds is 5. The fraction of sp³-hybridized carbons (Fsp3) is 0.316. The van der Waals surface area contributed by atoms with Crippen molar-refractivity contribution >= 4 is 11.0 Å². The molecule has 1 atom stereocenters. The van der Waals surface area contributed by atoms with Crippen LogP contribution in [0.5, 0.6) is 11.5 Å². The maximum Gasteiger partial charge on any atom is 0.163 e. The van der Waals surface area contributed by atoms with Crippen molar-refractivity contribution in [1.29, 1.82) is 0 Å². The van der Waals surface area contributed by atoms with E-state index in [9.17, 15) is 10.2 Å². The molecule has 2 aromatic carbocycles. The molecule has 0 spiro atoms. The SMILES string of the molecule is NCc1ccc(-c2nc3cc4c(cc3n2CC(O)CO)OCCO4)cc1. The minimum atomic E-state index is -0.886. The number of hydrogen-bond acceptors (Lipinski definition) is 6. The zero-order valence-corrected chi connectivity index (χ0v) is 14.3. The molecule has 2 heterocycles. The number of hydrogen-bond donors (Lipinski definition) is 3. The average Bonchev–Trinajstić information content (AvgIpc) is 3.03. The van der Waals surface area contributed by atoms with Crippen LogP contribution in [0.2, 0.25) is 0 Å². The zero-order valence-electron chi connectivity index (χ0n) is 14.3. The third-order valence-electron chi connectivity index (χ3n) is 4.46. The molecule has 7 nitrogen and oxygen atoms in total. The Hall–Kier alpha value is -2.61. The summed E-state index contributed by atoms with van der Waals surface area (Å²) in [6.45, 7) is 1.38. The Bertz CT molecular complexity index is 921. The Morgan fingerprint density at radius 1 is 1.12 bits per heavy atom. The van der Waals surface area contributed by atoms with Crippen molar-refractivity contribution in [3.05, 3.63) is 42.0 Å². The summed E-state index contributed by atoms with van der Waals surface area (Å²) < 4.78 is 13.2. The van der Waals surface area contributed by atoms with Crippen molar-refractivity contribution in [3.63, 3.8) is 0 Å². The molecule has 3 aromatic rings. The van der Waals surface area contributed by atoms with Crippen molar-refractivity contribution in [2.24, 2.45) is 5.73 Å². The molecule has 1 unspecified atom stereocenters. The lowest BCUT2D eigenvalue weighted by Crippen LogP contribution is -2.20. The summed E-state index contributed by atoms with van der Waals surface area (Å²) in [5, 5.41) is 19.3. The van der Waals surface area contributed by atoms with E-state index in [0.29, 0.717) is 37.1 Å². The fourth-order valence-corrected chi connectivity index (χ4v) is 3.13. The Labute approximate surface area is 150 Å². The Morgan fingerprint density at radius 3 is 2.46 bits per heavy atom. The Morgan fingerprint density at radius 2 is 1.81 bits per heavy atom. The van der Waals surface area contributed by atoms with Gasteiger partial charge in [0.2, 0.25) is 0 Å². The normalized spacial score (nSPS) is 14.6. The number of aromatic nitrogens is 2. The predicted molar refractivity (Wildman–Crippen MR) is 97.1 cm³/mol. The Balaban J connectivity index is 1.87. The maximum absolute atomic E-state index is 10.0. The van der Waals surface area contributed by atoms with E-state index in [1.807, 2.05) is 41.0 Å². The van der Waals surface area contributed by atoms with E-state index in [0.717, 1.165) is 22.2 Å². The summed E-state index contributed by atoms with van der Waals surface area (Å²) in [6, 6.07) is 11.6. The van der Waals surface area contributed by atoms with Gasteiger partial charge in [-0.3, -0.25) is 0 Å². The number of benzene rings is 2. The van der Waals surface area contributed by atoms with E-state index in [1.54, 1.807) is 0 Å². The maximum atomic E-state index is 10.0. The first-order chi connectivity index (χ1) is 12.7. The molecule has 4 rings (SSSR count). The van der Waals surface area contributed by atoms with Gasteiger partial charge in [-0.25, -0.2) is 4.98 Å². The molecular weight excluding hydrogens is 334 g/mol. The summed E-state index contributed by atoms with van der Waals surface area (Å²) in [5.41, 5.74) is 9.18. The van der Waals surface area contributed by atoms with E-state index in [1.165, 1.54) is 0 Å². The molecular formula is C19H21N3O4. The van der Waals surface area contributed by atoms with Gasteiger partial charge in [-0.15, -0.1) is 0 Å². The van der Waals surface area contributed by atoms with E-state index in [2.05, 4.69) is 0 Å². The molecule has 1 aliphatic heterocycles. The van der Waals surface area contributed by atoms with Gasteiger partial charge in [-0.2, -0.15) is 0 Å². The number of imidazole rings is 1. The van der Waals surface area contributed by atoms with Gasteiger partial charge in [-0.1, -0.05) is 24.3 Å². The summed E-state index contributed by atoms with van der Waals surface area (Å²) in [4.78, 5) is 4.74. The van der Waals surface area contributed by atoms with Crippen LogP contribution in [0.25, 0.3) is 22.4 Å². The van der Waals surface area contributed by atoms with Crippen LogP contribution in [-0.2, 0) is 13.1 Å². The monoisotopic (exact) mass is 355 g/mol. The first-order valence-electron chi connectivity index (χ1n) is 8.58. The molecule has 1 aromatic heterocycles. The fourth-order valence-electron chi connectivity index (χ4n) is 3.13. The predicted octanol–water partition coefficient (Wildman–Crippen LogP) is 1.29. The van der Waals surface area contributed by atoms with Crippen LogP contribution in [0.4, 0.5) is 0 Å². The minimum absolute atomic E-state index is 0.223. The van der Waals surface area contributed by atoms with Gasteiger partial charge >= 0.3 is 0 Å². The van der Waals surface area contributed by atoms with Gasteiger partial charge in [-0.05, 0) is 5.56 Å². The smallest absolute Gasteiger partial charge is 0.163 e. The van der Waals surface area contributed by atoms with Crippen molar-refractivity contribution in [2.75, 3.05) is 19.8 Å². The zero-order chi connectivity index (χ0) is 18.1. The van der Waals surface area contributed by atoms with Crippen LogP contribution < -0.4 is 15.2 Å². The van der Waals surface area contributed by atoms with E-state index in [4.69, 9.17) is 20.2 Å². The van der Waals surface area contributed by atoms with Crippen molar-refractivity contribution in [1.82, 2.24) is 9.55 Å². The number of aliphatic hydroxyl groups is 2. The van der Waals surface area contributed by atoms with Crippen LogP contribution in [0.3, 0.4) is 0 Å². The second-order valence-electron chi connectivity index (χ2n) is 6.27. The molecule has 0 amide bonds. The molecule has 26 heavy (non-hydrogen) atoms. The second kappa shape index (κ2) is 6.95. The van der Waals surface area contributed by atoms with Gasteiger partial charge < -0.3 is 30.0 Å². The average molecular weight is 355 g/mol. The molecule has 0 radical (unpaired) electrons. The molecule has 7 heteroatoms. The van der Waals surface area contributed by atoms with Crippen molar-refractivity contribution < 1.29 is 19.7 Å². The number of nitrogens with two attached hydrogens (primary N) is 1. The van der Waals surface area contributed by atoms with Gasteiger partial charge in [0.05, 0.1) is 30.3 Å². The molecule has 4 N–H and O–H groups in total. The molecule has 0 saturated carbocycles. The topological polar surface area (TPSA) is 103 Å². The Kier molecular flexibility index (Phi) is 4.50. The first-order valence-corrected chi connectivity index (χ1v) is 8.58. The second-order valence-corrected chi connectivity index (χ2v) is 6.27. The highest BCUT2D eigenvalue weighted by Gasteiger charge is 2.20. The molecule has 1 aliphatic rings. The van der Waals surface area contributed by atoms with E-state index >= 15 is 0 Å². The van der Waals surface area contributed by atoms with Crippen LogP contribution >= 0.6 is 0 Å². The lowest BCUT2D eigenvalue weighted by Gasteiger charge is -2.18. The highest BCUT2D eigenvalue weighted by atomic mass is 16.6. The molecule has 0 aliphatic carbocycles. The standard InChI is InChI=1S/C19H21N3O4/c20-9-12-1-3-13(4-2-12)19-21-15-7-17-18(26-6-5-25-17)8-16(15)22(19)10-14(24)11-23/h1-4,7-8,14,23-24H,5-6,9-11,20H2. The highest BCUT2D eigenvalue weighted by Crippen LogP contribution is 2.36. The van der Waals surface area contributed by atoms with Crippen LogP contribution in [0.15, 0.2) is 36.4 Å². The van der Waals surface area contributed by atoms with Gasteiger partial charge in [0.1, 0.15) is 19.0 Å². The minimum Gasteiger partial charge on any atom is -0.486 e. The van der Waals surface area contributed by atoms with Crippen molar-refractivity contribution in [2.45, 2.75) is 19.2 Å². The number of aliphatic hydroxyl groups excluding tert-OH is 2. The number of fused-ring (bicyclic) bond motifs is 2. The number of ether oxygens (including phenoxy) is 2. The van der Waals surface area contributed by atoms with E-state index < -0.39 is 6.10 Å². The third kappa shape index (κ3) is 3.01. The first kappa shape index (κ1) is 16.8. The molecule has 0 fully saturated rings. The molecule has 136 valence electrons. The summed E-state index contributed by atoms with van der Waals surface area (Å²) >= 11 is 0. The highest BCUT2D eigenvalue weighted by molar-refractivity contribution is 5.84. The number of nitrogens with zero attached hydrogens (tertiary/aromatic N) is 2. The summed E-state index contributed by atoms with van der Waals surface area (Å²) in [7, 11) is 0. The van der Waals surface area contributed by atoms with Gasteiger partial charge in [0.25, 0.3) is 0 Å². The summed E-state index contributed by atoms with van der Waals surface area (Å²) in [5.74, 6) is 2.04. The summed E-state index contributed by atoms with van der Waals surface area (Å²) in [6.07, 6.45) is -0.886. The third-order valence-corrected chi connectivity index (χ3v) is 4.46. The van der Waals surface area contributed by atoms with Crippen molar-refractivity contribution in [3.8, 4) is 22.9 Å². The molecule has 0 bridgehead atoms. The quantitative estimate of drug-likeness (QED) is 0.637. The largest absolute Gasteiger partial charge is 0.486 e. The van der Waals surface area contributed by atoms with E-state index in [-0.39, 0.29) is 13.2 Å². The lowest BCUT2D eigenvalue weighted by atomic mass is 10.1. The van der Waals surface area contributed by atoms with Gasteiger partial charge in [0.15, 0.2) is 11.5 Å². The lowest BCUT2D eigenvalue weighted by molar-refractivity contribution is 0.0824. The van der Waals surface area contributed by atoms with Crippen LogP contribution in [0, 0.1) is 0 Å². The van der Waals surface area contributed by atoms with Crippen LogP contribution in [-0.4, -0.2) is 45.7 Å². The van der Waals surface area contributed by atoms with Gasteiger partial charge in [0, 0.05) is 24.2 Å². The molecule has 0 saturated heterocycles. The van der Waals surface area contributed by atoms with Crippen LogP contribution in [0.1, 0.15) is 5.56 Å².